The van der Waals surface area contributed by atoms with Crippen molar-refractivity contribution in [2.45, 2.75) is 35.9 Å². The Morgan fingerprint density at radius 1 is 1.00 bits per heavy atom. The Hall–Kier alpha value is -0.840. The lowest BCUT2D eigenvalue weighted by molar-refractivity contribution is 0.394. The molecule has 1 unspecified atom stereocenters. The van der Waals surface area contributed by atoms with Crippen molar-refractivity contribution in [3.8, 4) is 0 Å². The fraction of sp³-hybridized carbons (Fsp3) is 0.429. The highest BCUT2D eigenvalue weighted by Crippen LogP contribution is 2.67. The maximum Gasteiger partial charge on any atom is 0.197 e. The van der Waals surface area contributed by atoms with Crippen molar-refractivity contribution >= 4 is 15.9 Å². The van der Waals surface area contributed by atoms with Crippen LogP contribution in [0.1, 0.15) is 42.7 Å². The topological polar surface area (TPSA) is 0 Å². The number of halogens is 5. The van der Waals surface area contributed by atoms with Crippen LogP contribution in [0.15, 0.2) is 12.2 Å². The van der Waals surface area contributed by atoms with Crippen LogP contribution in [0.3, 0.4) is 0 Å². The first-order valence-corrected chi connectivity index (χ1v) is 6.81. The van der Waals surface area contributed by atoms with E-state index in [4.69, 9.17) is 0 Å². The van der Waals surface area contributed by atoms with E-state index in [1.54, 1.807) is 6.92 Å². The fourth-order valence-corrected chi connectivity index (χ4v) is 4.56. The molecule has 0 N–H and O–H groups in total. The first-order chi connectivity index (χ1) is 8.81. The summed E-state index contributed by atoms with van der Waals surface area (Å²) in [6, 6.07) is 0. The third-order valence-corrected chi connectivity index (χ3v) is 6.23. The number of alkyl halides is 1. The van der Waals surface area contributed by atoms with E-state index in [1.807, 2.05) is 0 Å². The molecule has 0 aromatic heterocycles. The summed E-state index contributed by atoms with van der Waals surface area (Å²) in [4.78, 5) is 0. The second kappa shape index (κ2) is 3.84. The molecule has 2 aliphatic carbocycles. The Morgan fingerprint density at radius 3 is 1.68 bits per heavy atom. The molecule has 2 aliphatic rings. The Balaban J connectivity index is 2.35. The molecule has 0 spiro atoms. The largest absolute Gasteiger partial charge is 0.203 e. The van der Waals surface area contributed by atoms with Crippen LogP contribution in [0.4, 0.5) is 17.6 Å². The van der Waals surface area contributed by atoms with Gasteiger partial charge in [0.1, 0.15) is 0 Å². The van der Waals surface area contributed by atoms with E-state index in [1.165, 1.54) is 0 Å². The summed E-state index contributed by atoms with van der Waals surface area (Å²) in [5.74, 6) is -6.75. The predicted molar refractivity (Wildman–Crippen MR) is 67.5 cm³/mol. The molecule has 5 heteroatoms. The Morgan fingerprint density at radius 2 is 1.37 bits per heavy atom. The number of benzene rings is 1. The average Bonchev–Trinajstić information content (AvgIpc) is 2.84. The minimum Gasteiger partial charge on any atom is -0.203 e. The van der Waals surface area contributed by atoms with Crippen LogP contribution in [0.5, 0.6) is 0 Å². The Labute approximate surface area is 116 Å². The predicted octanol–water partition coefficient (Wildman–Crippen LogP) is 4.93. The molecular weight excluding hydrogens is 324 g/mol. The minimum absolute atomic E-state index is 0.0208. The maximum absolute atomic E-state index is 14.0. The molecule has 3 atom stereocenters. The first kappa shape index (κ1) is 13.2. The molecule has 0 nitrogen and oxygen atoms in total. The van der Waals surface area contributed by atoms with Crippen LogP contribution in [-0.4, -0.2) is 4.32 Å². The van der Waals surface area contributed by atoms with Gasteiger partial charge in [0.15, 0.2) is 23.3 Å². The van der Waals surface area contributed by atoms with Crippen LogP contribution in [0.25, 0.3) is 0 Å². The zero-order chi connectivity index (χ0) is 14.1. The lowest BCUT2D eigenvalue weighted by atomic mass is 9.88. The zero-order valence-electron chi connectivity index (χ0n) is 10.2. The molecule has 0 aliphatic heterocycles. The normalized spacial score (nSPS) is 31.7. The lowest BCUT2D eigenvalue weighted by Gasteiger charge is -2.28. The number of hydrogen-bond donors (Lipinski definition) is 0. The maximum atomic E-state index is 14.0. The molecule has 19 heavy (non-hydrogen) atoms. The van der Waals surface area contributed by atoms with Gasteiger partial charge in [-0.05, 0) is 19.8 Å². The van der Waals surface area contributed by atoms with Crippen molar-refractivity contribution in [3.63, 3.8) is 0 Å². The van der Waals surface area contributed by atoms with E-state index in [9.17, 15) is 17.6 Å². The standard InChI is InChI=1S/C14H11BrF4/c1-5(2)14(15)6-3-4-7(14)9-8(6)10(16)12(18)13(19)11(9)17/h6-7H,1,3-4H2,2H3/t6-,7+,14?. The zero-order valence-corrected chi connectivity index (χ0v) is 11.8. The number of fused-ring (bicyclic) bond motifs is 5. The monoisotopic (exact) mass is 334 g/mol. The molecule has 1 aromatic rings. The smallest absolute Gasteiger partial charge is 0.197 e. The second-order valence-electron chi connectivity index (χ2n) is 5.31. The van der Waals surface area contributed by atoms with Crippen LogP contribution >= 0.6 is 15.9 Å². The second-order valence-corrected chi connectivity index (χ2v) is 6.63. The van der Waals surface area contributed by atoms with Crippen molar-refractivity contribution in [3.05, 3.63) is 46.5 Å². The van der Waals surface area contributed by atoms with Crippen molar-refractivity contribution in [2.75, 3.05) is 0 Å². The molecule has 1 aromatic carbocycles. The molecule has 0 radical (unpaired) electrons. The van der Waals surface area contributed by atoms with Crippen LogP contribution in [-0.2, 0) is 0 Å². The lowest BCUT2D eigenvalue weighted by Crippen LogP contribution is -2.25. The van der Waals surface area contributed by atoms with E-state index < -0.39 is 39.4 Å². The highest BCUT2D eigenvalue weighted by Gasteiger charge is 2.59. The summed E-state index contributed by atoms with van der Waals surface area (Å²) in [5.41, 5.74) is 0.677. The summed E-state index contributed by atoms with van der Waals surface area (Å²) >= 11 is 3.52. The Kier molecular flexibility index (Phi) is 2.66. The minimum atomic E-state index is -1.72. The van der Waals surface area contributed by atoms with Crippen molar-refractivity contribution in [1.82, 2.24) is 0 Å². The summed E-state index contributed by atoms with van der Waals surface area (Å²) < 4.78 is 54.0. The van der Waals surface area contributed by atoms with Gasteiger partial charge in [-0.25, -0.2) is 17.6 Å². The highest BCUT2D eigenvalue weighted by molar-refractivity contribution is 9.10. The van der Waals surface area contributed by atoms with Gasteiger partial charge in [-0.1, -0.05) is 28.1 Å². The van der Waals surface area contributed by atoms with E-state index in [2.05, 4.69) is 22.5 Å². The summed E-state index contributed by atoms with van der Waals surface area (Å²) in [7, 11) is 0. The van der Waals surface area contributed by atoms with Crippen molar-refractivity contribution in [1.29, 1.82) is 0 Å². The highest BCUT2D eigenvalue weighted by atomic mass is 79.9. The van der Waals surface area contributed by atoms with Gasteiger partial charge in [0, 0.05) is 23.0 Å². The molecule has 0 heterocycles. The van der Waals surface area contributed by atoms with Gasteiger partial charge in [-0.3, -0.25) is 0 Å². The van der Waals surface area contributed by atoms with E-state index in [0.29, 0.717) is 12.8 Å². The van der Waals surface area contributed by atoms with E-state index in [0.717, 1.165) is 5.57 Å². The molecule has 0 amide bonds. The Bertz CT molecular complexity index is 565. The molecule has 2 bridgehead atoms. The molecule has 102 valence electrons. The van der Waals surface area contributed by atoms with Gasteiger partial charge < -0.3 is 0 Å². The SMILES string of the molecule is C=C(C)C1(Br)[C@@H]2CC[C@H]1c1c(F)c(F)c(F)c(F)c12. The van der Waals surface area contributed by atoms with Gasteiger partial charge >= 0.3 is 0 Å². The molecule has 0 saturated heterocycles. The third-order valence-electron chi connectivity index (χ3n) is 4.45. The number of rotatable bonds is 1. The van der Waals surface area contributed by atoms with Crippen LogP contribution in [0.2, 0.25) is 0 Å². The van der Waals surface area contributed by atoms with Crippen LogP contribution in [0, 0.1) is 23.3 Å². The number of allylic oxidation sites excluding steroid dienone is 1. The third kappa shape index (κ3) is 1.34. The fourth-order valence-electron chi connectivity index (χ4n) is 3.65. The quantitative estimate of drug-likeness (QED) is 0.224. The summed E-state index contributed by atoms with van der Waals surface area (Å²) in [6.07, 6.45) is 1.22. The summed E-state index contributed by atoms with van der Waals surface area (Å²) in [5, 5.41) is 0. The van der Waals surface area contributed by atoms with Crippen molar-refractivity contribution in [2.24, 2.45) is 0 Å². The van der Waals surface area contributed by atoms with Gasteiger partial charge in [0.05, 0.1) is 4.32 Å². The van der Waals surface area contributed by atoms with Crippen molar-refractivity contribution < 1.29 is 17.6 Å². The average molecular weight is 335 g/mol. The first-order valence-electron chi connectivity index (χ1n) is 6.02. The molecular formula is C14H11BrF4. The molecule has 1 fully saturated rings. The van der Waals surface area contributed by atoms with Gasteiger partial charge in [0.2, 0.25) is 0 Å². The summed E-state index contributed by atoms with van der Waals surface area (Å²) in [6.45, 7) is 5.62. The number of hydrogen-bond acceptors (Lipinski definition) is 0. The van der Waals surface area contributed by atoms with Gasteiger partial charge in [-0.2, -0.15) is 0 Å². The van der Waals surface area contributed by atoms with E-state index >= 15 is 0 Å². The molecule has 3 rings (SSSR count). The van der Waals surface area contributed by atoms with Crippen LogP contribution < -0.4 is 0 Å². The van der Waals surface area contributed by atoms with Gasteiger partial charge in [0.25, 0.3) is 0 Å². The molecule has 1 saturated carbocycles. The van der Waals surface area contributed by atoms with E-state index in [-0.39, 0.29) is 11.1 Å². The van der Waals surface area contributed by atoms with Gasteiger partial charge in [-0.15, -0.1) is 0 Å².